The highest BCUT2D eigenvalue weighted by Gasteiger charge is 2.28. The van der Waals surface area contributed by atoms with Crippen LogP contribution in [0.3, 0.4) is 0 Å². The van der Waals surface area contributed by atoms with E-state index in [4.69, 9.17) is 5.26 Å². The third-order valence-electron chi connectivity index (χ3n) is 5.02. The fourth-order valence-electron chi connectivity index (χ4n) is 3.38. The van der Waals surface area contributed by atoms with Crippen molar-refractivity contribution in [1.82, 2.24) is 14.5 Å². The lowest BCUT2D eigenvalue weighted by Crippen LogP contribution is -2.47. The van der Waals surface area contributed by atoms with Crippen LogP contribution in [0.4, 0.5) is 0 Å². The maximum absolute atomic E-state index is 12.5. The molecule has 1 aromatic heterocycles. The first-order chi connectivity index (χ1) is 11.5. The van der Waals surface area contributed by atoms with Gasteiger partial charge in [-0.2, -0.15) is 5.26 Å². The Bertz CT molecular complexity index is 798. The van der Waals surface area contributed by atoms with Crippen molar-refractivity contribution >= 4 is 5.91 Å². The third-order valence-corrected chi connectivity index (χ3v) is 5.02. The molecule has 1 heterocycles. The van der Waals surface area contributed by atoms with Crippen LogP contribution in [0.15, 0.2) is 15.8 Å². The molecular formula is C17H22N4O3. The number of nitriles is 1. The molecule has 1 amide bonds. The van der Waals surface area contributed by atoms with Gasteiger partial charge in [0, 0.05) is 18.3 Å². The Hall–Kier alpha value is -2.36. The Balaban J connectivity index is 1.82. The van der Waals surface area contributed by atoms with Crippen LogP contribution in [0, 0.1) is 17.2 Å². The van der Waals surface area contributed by atoms with Crippen molar-refractivity contribution in [3.63, 3.8) is 0 Å². The lowest BCUT2D eigenvalue weighted by atomic mass is 9.86. The average Bonchev–Trinajstić information content (AvgIpc) is 3.39. The molecule has 3 rings (SSSR count). The topological polar surface area (TPSA) is 96.9 Å². The van der Waals surface area contributed by atoms with E-state index in [0.717, 1.165) is 36.7 Å². The molecule has 24 heavy (non-hydrogen) atoms. The summed E-state index contributed by atoms with van der Waals surface area (Å²) in [4.78, 5) is 37.0. The lowest BCUT2D eigenvalue weighted by molar-refractivity contribution is -0.123. The maximum atomic E-state index is 12.5. The number of rotatable bonds is 4. The van der Waals surface area contributed by atoms with Gasteiger partial charge in [-0.25, -0.2) is 9.36 Å². The van der Waals surface area contributed by atoms with Gasteiger partial charge in [-0.1, -0.05) is 19.8 Å². The number of aromatic nitrogens is 2. The van der Waals surface area contributed by atoms with Crippen molar-refractivity contribution in [2.75, 3.05) is 0 Å². The number of nitrogens with one attached hydrogen (secondary N) is 1. The predicted molar refractivity (Wildman–Crippen MR) is 87.5 cm³/mol. The van der Waals surface area contributed by atoms with E-state index in [2.05, 4.69) is 12.2 Å². The van der Waals surface area contributed by atoms with E-state index in [9.17, 15) is 14.4 Å². The molecule has 2 aliphatic carbocycles. The van der Waals surface area contributed by atoms with Gasteiger partial charge in [-0.05, 0) is 31.6 Å². The Morgan fingerprint density at radius 1 is 1.29 bits per heavy atom. The van der Waals surface area contributed by atoms with E-state index in [0.29, 0.717) is 5.92 Å². The largest absolute Gasteiger partial charge is 0.352 e. The summed E-state index contributed by atoms with van der Waals surface area (Å²) in [5, 5.41) is 12.1. The summed E-state index contributed by atoms with van der Waals surface area (Å²) in [5.41, 5.74) is -1.29. The highest BCUT2D eigenvalue weighted by Crippen LogP contribution is 2.33. The van der Waals surface area contributed by atoms with Crippen molar-refractivity contribution in [2.24, 2.45) is 5.92 Å². The first-order valence-electron chi connectivity index (χ1n) is 8.56. The predicted octanol–water partition coefficient (Wildman–Crippen LogP) is 0.911. The average molecular weight is 330 g/mol. The molecule has 7 nitrogen and oxygen atoms in total. The fourth-order valence-corrected chi connectivity index (χ4v) is 3.38. The van der Waals surface area contributed by atoms with Crippen LogP contribution in [-0.2, 0) is 11.3 Å². The number of amides is 1. The number of nitrogens with zero attached hydrogens (tertiary/aromatic N) is 3. The summed E-state index contributed by atoms with van der Waals surface area (Å²) < 4.78 is 2.30. The van der Waals surface area contributed by atoms with Gasteiger partial charge >= 0.3 is 5.69 Å². The molecule has 0 bridgehead atoms. The summed E-state index contributed by atoms with van der Waals surface area (Å²) in [6.07, 6.45) is 7.27. The molecule has 0 spiro atoms. The molecule has 1 N–H and O–H groups in total. The van der Waals surface area contributed by atoms with Gasteiger partial charge in [-0.3, -0.25) is 14.2 Å². The van der Waals surface area contributed by atoms with Crippen molar-refractivity contribution in [1.29, 1.82) is 5.26 Å². The smallest absolute Gasteiger partial charge is 0.331 e. The minimum Gasteiger partial charge on any atom is -0.352 e. The zero-order valence-corrected chi connectivity index (χ0v) is 13.8. The van der Waals surface area contributed by atoms with E-state index in [-0.39, 0.29) is 30.1 Å². The zero-order chi connectivity index (χ0) is 17.3. The molecule has 2 fully saturated rings. The molecule has 1 aromatic rings. The highest BCUT2D eigenvalue weighted by molar-refractivity contribution is 5.76. The Labute approximate surface area is 139 Å². The van der Waals surface area contributed by atoms with Crippen LogP contribution in [0.2, 0.25) is 0 Å². The molecular weight excluding hydrogens is 308 g/mol. The maximum Gasteiger partial charge on any atom is 0.331 e. The Morgan fingerprint density at radius 2 is 2.00 bits per heavy atom. The van der Waals surface area contributed by atoms with E-state index in [1.165, 1.54) is 17.2 Å². The van der Waals surface area contributed by atoms with Crippen LogP contribution >= 0.6 is 0 Å². The molecule has 2 aliphatic rings. The molecule has 2 atom stereocenters. The number of carbonyl (C=O) groups is 1. The van der Waals surface area contributed by atoms with Gasteiger partial charge in [0.2, 0.25) is 5.91 Å². The number of carbonyl (C=O) groups excluding carboxylic acids is 1. The molecule has 0 aromatic carbocycles. The zero-order valence-electron chi connectivity index (χ0n) is 13.8. The second-order valence-corrected chi connectivity index (χ2v) is 6.90. The van der Waals surface area contributed by atoms with Gasteiger partial charge in [-0.15, -0.1) is 0 Å². The fraction of sp³-hybridized carbons (Fsp3) is 0.647. The van der Waals surface area contributed by atoms with Gasteiger partial charge in [0.15, 0.2) is 0 Å². The molecule has 2 saturated carbocycles. The minimum absolute atomic E-state index is 0.0397. The van der Waals surface area contributed by atoms with Crippen LogP contribution in [0.1, 0.15) is 57.1 Å². The molecule has 0 unspecified atom stereocenters. The van der Waals surface area contributed by atoms with Gasteiger partial charge < -0.3 is 5.32 Å². The van der Waals surface area contributed by atoms with E-state index in [1.807, 2.05) is 6.07 Å². The summed E-state index contributed by atoms with van der Waals surface area (Å²) in [6.45, 7) is 1.77. The highest BCUT2D eigenvalue weighted by atomic mass is 16.2. The second-order valence-electron chi connectivity index (χ2n) is 6.90. The summed E-state index contributed by atoms with van der Waals surface area (Å²) >= 11 is 0. The Morgan fingerprint density at radius 3 is 2.62 bits per heavy atom. The van der Waals surface area contributed by atoms with Crippen molar-refractivity contribution in [3.05, 3.63) is 32.6 Å². The molecule has 0 radical (unpaired) electrons. The van der Waals surface area contributed by atoms with E-state index in [1.54, 1.807) is 0 Å². The Kier molecular flexibility index (Phi) is 4.56. The van der Waals surface area contributed by atoms with Crippen molar-refractivity contribution in [2.45, 2.75) is 64.1 Å². The normalized spacial score (nSPS) is 23.5. The summed E-state index contributed by atoms with van der Waals surface area (Å²) in [5.74, 6) is 0.0540. The number of hydrogen-bond donors (Lipinski definition) is 1. The standard InChI is InChI=1S/C17H22N4O3/c1-11-4-2-3-5-14(11)19-15(22)10-21-16(23)12(8-18)9-20(17(21)24)13-6-7-13/h9,11,13-14H,2-7,10H2,1H3,(H,19,22)/t11-,14+/m1/s1. The van der Waals surface area contributed by atoms with Crippen molar-refractivity contribution in [3.8, 4) is 6.07 Å². The minimum atomic E-state index is -0.689. The van der Waals surface area contributed by atoms with Crippen molar-refractivity contribution < 1.29 is 4.79 Å². The summed E-state index contributed by atoms with van der Waals surface area (Å²) in [6, 6.07) is 1.95. The first kappa shape index (κ1) is 16.5. The molecule has 7 heteroatoms. The van der Waals surface area contributed by atoms with E-state index < -0.39 is 11.2 Å². The SMILES string of the molecule is C[C@@H]1CCCC[C@@H]1NC(=O)Cn1c(=O)c(C#N)cn(C2CC2)c1=O. The van der Waals surface area contributed by atoms with Crippen LogP contribution in [0.5, 0.6) is 0 Å². The molecule has 0 aliphatic heterocycles. The van der Waals surface area contributed by atoms with Gasteiger partial charge in [0.05, 0.1) is 0 Å². The number of hydrogen-bond acceptors (Lipinski definition) is 4. The van der Waals surface area contributed by atoms with Gasteiger partial charge in [0.25, 0.3) is 5.56 Å². The quantitative estimate of drug-likeness (QED) is 0.887. The van der Waals surface area contributed by atoms with Crippen LogP contribution in [0.25, 0.3) is 0 Å². The second kappa shape index (κ2) is 6.63. The van der Waals surface area contributed by atoms with Gasteiger partial charge in [0.1, 0.15) is 18.2 Å². The van der Waals surface area contributed by atoms with Crippen LogP contribution < -0.4 is 16.6 Å². The summed E-state index contributed by atoms with van der Waals surface area (Å²) in [7, 11) is 0. The third kappa shape index (κ3) is 3.28. The first-order valence-corrected chi connectivity index (χ1v) is 8.56. The lowest BCUT2D eigenvalue weighted by Gasteiger charge is -2.29. The monoisotopic (exact) mass is 330 g/mol. The van der Waals surface area contributed by atoms with E-state index >= 15 is 0 Å². The molecule has 0 saturated heterocycles. The van der Waals surface area contributed by atoms with Crippen LogP contribution in [-0.4, -0.2) is 21.1 Å². The molecule has 128 valence electrons.